The molecular weight excluding hydrogens is 294 g/mol. The fraction of sp³-hybridized carbons (Fsp3) is 0.588. The van der Waals surface area contributed by atoms with Gasteiger partial charge in [-0.05, 0) is 31.4 Å². The molecule has 3 heterocycles. The van der Waals surface area contributed by atoms with Crippen LogP contribution < -0.4 is 5.32 Å². The SMILES string of the molecule is CCCc1cc(C(=O)N2CCCC3(CC2)CNC(=O)O3)ccn1. The molecule has 2 aliphatic heterocycles. The zero-order chi connectivity index (χ0) is 16.3. The summed E-state index contributed by atoms with van der Waals surface area (Å²) in [5.74, 6) is 0.0408. The molecule has 1 aromatic heterocycles. The van der Waals surface area contributed by atoms with Gasteiger partial charge < -0.3 is 15.0 Å². The number of ether oxygens (including phenoxy) is 1. The Kier molecular flexibility index (Phi) is 4.50. The Labute approximate surface area is 136 Å². The molecule has 6 nitrogen and oxygen atoms in total. The third-order valence-electron chi connectivity index (χ3n) is 4.62. The molecule has 0 aliphatic carbocycles. The van der Waals surface area contributed by atoms with Crippen molar-refractivity contribution in [3.05, 3.63) is 29.6 Å². The minimum Gasteiger partial charge on any atom is -0.441 e. The monoisotopic (exact) mass is 317 g/mol. The predicted molar refractivity (Wildman–Crippen MR) is 85.2 cm³/mol. The minimum atomic E-state index is -0.433. The summed E-state index contributed by atoms with van der Waals surface area (Å²) in [7, 11) is 0. The molecule has 6 heteroatoms. The lowest BCUT2D eigenvalue weighted by Crippen LogP contribution is -2.36. The van der Waals surface area contributed by atoms with Crippen molar-refractivity contribution in [2.45, 2.75) is 44.6 Å². The van der Waals surface area contributed by atoms with Gasteiger partial charge in [0.25, 0.3) is 5.91 Å². The fourth-order valence-corrected chi connectivity index (χ4v) is 3.34. The molecule has 2 amide bonds. The molecule has 1 N–H and O–H groups in total. The molecular formula is C17H23N3O3. The van der Waals surface area contributed by atoms with Crippen LogP contribution in [-0.4, -0.2) is 47.1 Å². The van der Waals surface area contributed by atoms with Gasteiger partial charge in [-0.15, -0.1) is 0 Å². The van der Waals surface area contributed by atoms with Crippen molar-refractivity contribution in [2.75, 3.05) is 19.6 Å². The van der Waals surface area contributed by atoms with Crippen LogP contribution >= 0.6 is 0 Å². The van der Waals surface area contributed by atoms with Crippen LogP contribution in [0.15, 0.2) is 18.3 Å². The van der Waals surface area contributed by atoms with Crippen LogP contribution in [-0.2, 0) is 11.2 Å². The summed E-state index contributed by atoms with van der Waals surface area (Å²) < 4.78 is 5.46. The lowest BCUT2D eigenvalue weighted by molar-refractivity contribution is 0.0438. The molecule has 3 rings (SSSR count). The average Bonchev–Trinajstić information content (AvgIpc) is 2.79. The van der Waals surface area contributed by atoms with E-state index in [1.54, 1.807) is 12.3 Å². The van der Waals surface area contributed by atoms with E-state index >= 15 is 0 Å². The maximum atomic E-state index is 12.8. The van der Waals surface area contributed by atoms with E-state index in [1.165, 1.54) is 0 Å². The molecule has 1 aromatic rings. The first-order valence-electron chi connectivity index (χ1n) is 8.33. The lowest BCUT2D eigenvalue weighted by Gasteiger charge is -2.25. The average molecular weight is 317 g/mol. The number of carbonyl (C=O) groups is 2. The second-order valence-electron chi connectivity index (χ2n) is 6.36. The first kappa shape index (κ1) is 15.8. The Morgan fingerprint density at radius 2 is 2.30 bits per heavy atom. The Morgan fingerprint density at radius 1 is 1.43 bits per heavy atom. The molecule has 23 heavy (non-hydrogen) atoms. The number of amides is 2. The third kappa shape index (κ3) is 3.46. The van der Waals surface area contributed by atoms with E-state index in [-0.39, 0.29) is 12.0 Å². The third-order valence-corrected chi connectivity index (χ3v) is 4.62. The van der Waals surface area contributed by atoms with Crippen LogP contribution in [0.1, 0.15) is 48.7 Å². The van der Waals surface area contributed by atoms with E-state index in [2.05, 4.69) is 17.2 Å². The largest absolute Gasteiger partial charge is 0.441 e. The summed E-state index contributed by atoms with van der Waals surface area (Å²) in [6, 6.07) is 3.67. The topological polar surface area (TPSA) is 71.5 Å². The maximum Gasteiger partial charge on any atom is 0.407 e. The van der Waals surface area contributed by atoms with Gasteiger partial charge >= 0.3 is 6.09 Å². The van der Waals surface area contributed by atoms with E-state index in [9.17, 15) is 9.59 Å². The standard InChI is InChI=1S/C17H23N3O3/c1-2-4-14-11-13(5-8-18-14)15(21)20-9-3-6-17(7-10-20)12-19-16(22)23-17/h5,8,11H,2-4,6-7,9-10,12H2,1H3,(H,19,22). The smallest absolute Gasteiger partial charge is 0.407 e. The van der Waals surface area contributed by atoms with Gasteiger partial charge in [-0.25, -0.2) is 4.79 Å². The summed E-state index contributed by atoms with van der Waals surface area (Å²) in [6.07, 6.45) is 5.58. The number of hydrogen-bond donors (Lipinski definition) is 1. The molecule has 2 saturated heterocycles. The molecule has 0 aromatic carbocycles. The Balaban J connectivity index is 1.68. The Morgan fingerprint density at radius 3 is 3.04 bits per heavy atom. The van der Waals surface area contributed by atoms with Crippen molar-refractivity contribution < 1.29 is 14.3 Å². The number of alkyl carbamates (subject to hydrolysis) is 1. The van der Waals surface area contributed by atoms with Crippen LogP contribution in [0.3, 0.4) is 0 Å². The van der Waals surface area contributed by atoms with E-state index in [0.717, 1.165) is 31.4 Å². The number of rotatable bonds is 3. The van der Waals surface area contributed by atoms with Crippen LogP contribution in [0.4, 0.5) is 4.79 Å². The minimum absolute atomic E-state index is 0.0408. The molecule has 2 fully saturated rings. The summed E-state index contributed by atoms with van der Waals surface area (Å²) in [4.78, 5) is 30.3. The van der Waals surface area contributed by atoms with Crippen molar-refractivity contribution in [3.63, 3.8) is 0 Å². The number of hydrogen-bond acceptors (Lipinski definition) is 4. The summed E-state index contributed by atoms with van der Waals surface area (Å²) in [5.41, 5.74) is 1.22. The van der Waals surface area contributed by atoms with Gasteiger partial charge in [0, 0.05) is 37.0 Å². The molecule has 1 spiro atoms. The van der Waals surface area contributed by atoms with Gasteiger partial charge in [-0.2, -0.15) is 0 Å². The zero-order valence-electron chi connectivity index (χ0n) is 13.5. The van der Waals surface area contributed by atoms with Gasteiger partial charge in [-0.3, -0.25) is 9.78 Å². The van der Waals surface area contributed by atoms with Crippen molar-refractivity contribution in [2.24, 2.45) is 0 Å². The molecule has 1 unspecified atom stereocenters. The molecule has 124 valence electrons. The molecule has 2 aliphatic rings. The van der Waals surface area contributed by atoms with Crippen LogP contribution in [0.5, 0.6) is 0 Å². The van der Waals surface area contributed by atoms with Crippen molar-refractivity contribution in [1.82, 2.24) is 15.2 Å². The molecule has 0 saturated carbocycles. The molecule has 0 bridgehead atoms. The van der Waals surface area contributed by atoms with Crippen molar-refractivity contribution >= 4 is 12.0 Å². The summed E-state index contributed by atoms with van der Waals surface area (Å²) in [6.45, 7) is 3.95. The van der Waals surface area contributed by atoms with E-state index in [1.807, 2.05) is 11.0 Å². The first-order valence-corrected chi connectivity index (χ1v) is 8.33. The number of nitrogens with one attached hydrogen (secondary N) is 1. The van der Waals surface area contributed by atoms with E-state index in [4.69, 9.17) is 4.74 Å². The fourth-order valence-electron chi connectivity index (χ4n) is 3.34. The van der Waals surface area contributed by atoms with Gasteiger partial charge in [-0.1, -0.05) is 13.3 Å². The first-order chi connectivity index (χ1) is 11.1. The number of pyridine rings is 1. The second-order valence-corrected chi connectivity index (χ2v) is 6.36. The highest BCUT2D eigenvalue weighted by Gasteiger charge is 2.41. The molecule has 1 atom stereocenters. The van der Waals surface area contributed by atoms with Gasteiger partial charge in [0.2, 0.25) is 0 Å². The van der Waals surface area contributed by atoms with Gasteiger partial charge in [0.15, 0.2) is 0 Å². The van der Waals surface area contributed by atoms with Crippen LogP contribution in [0, 0.1) is 0 Å². The number of aromatic nitrogens is 1. The van der Waals surface area contributed by atoms with E-state index < -0.39 is 5.60 Å². The highest BCUT2D eigenvalue weighted by Crippen LogP contribution is 2.29. The zero-order valence-corrected chi connectivity index (χ0v) is 13.5. The van der Waals surface area contributed by atoms with E-state index in [0.29, 0.717) is 31.6 Å². The number of likely N-dealkylation sites (tertiary alicyclic amines) is 1. The summed E-state index contributed by atoms with van der Waals surface area (Å²) >= 11 is 0. The quantitative estimate of drug-likeness (QED) is 0.927. The summed E-state index contributed by atoms with van der Waals surface area (Å²) in [5, 5.41) is 2.73. The number of carbonyl (C=O) groups excluding carboxylic acids is 2. The predicted octanol–water partition coefficient (Wildman–Crippen LogP) is 2.14. The number of nitrogens with zero attached hydrogens (tertiary/aromatic N) is 2. The van der Waals surface area contributed by atoms with Crippen LogP contribution in [0.25, 0.3) is 0 Å². The van der Waals surface area contributed by atoms with Gasteiger partial charge in [0.1, 0.15) is 5.60 Å². The van der Waals surface area contributed by atoms with Crippen molar-refractivity contribution in [3.8, 4) is 0 Å². The maximum absolute atomic E-state index is 12.8. The number of aryl methyl sites for hydroxylation is 1. The van der Waals surface area contributed by atoms with Gasteiger partial charge in [0.05, 0.1) is 6.54 Å². The lowest BCUT2D eigenvalue weighted by atomic mass is 9.95. The highest BCUT2D eigenvalue weighted by atomic mass is 16.6. The Hall–Kier alpha value is -2.11. The Bertz CT molecular complexity index is 605. The second kappa shape index (κ2) is 6.56. The molecule has 0 radical (unpaired) electrons. The van der Waals surface area contributed by atoms with Crippen LogP contribution in [0.2, 0.25) is 0 Å². The normalized spacial score (nSPS) is 24.2. The van der Waals surface area contributed by atoms with Crippen molar-refractivity contribution in [1.29, 1.82) is 0 Å². The highest BCUT2D eigenvalue weighted by molar-refractivity contribution is 5.94.